The van der Waals surface area contributed by atoms with Crippen LogP contribution in [-0.2, 0) is 32.2 Å². The first-order chi connectivity index (χ1) is 13.1. The van der Waals surface area contributed by atoms with Gasteiger partial charge in [-0.15, -0.1) is 0 Å². The van der Waals surface area contributed by atoms with Crippen molar-refractivity contribution in [1.82, 2.24) is 9.80 Å². The van der Waals surface area contributed by atoms with Crippen LogP contribution in [0.2, 0.25) is 0 Å². The number of benzene rings is 1. The SMILES string of the molecule is [NH-]/C(=N\C(=C/O)N1CCOC(C(F)F)C1)N1CCCC1Cc1ccccc1.[W]. The summed E-state index contributed by atoms with van der Waals surface area (Å²) >= 11 is 0. The molecular formula is C19H25F2N4O2W-. The van der Waals surface area contributed by atoms with Crippen molar-refractivity contribution in [1.29, 1.82) is 0 Å². The van der Waals surface area contributed by atoms with Crippen LogP contribution in [-0.4, -0.2) is 65.7 Å². The maximum Gasteiger partial charge on any atom is 0.266 e. The third-order valence-corrected chi connectivity index (χ3v) is 5.00. The number of halogens is 2. The van der Waals surface area contributed by atoms with Gasteiger partial charge in [0.1, 0.15) is 12.4 Å². The van der Waals surface area contributed by atoms with Gasteiger partial charge in [-0.25, -0.2) is 8.78 Å². The van der Waals surface area contributed by atoms with Crippen molar-refractivity contribution in [3.63, 3.8) is 0 Å². The van der Waals surface area contributed by atoms with Crippen molar-refractivity contribution in [3.8, 4) is 0 Å². The van der Waals surface area contributed by atoms with E-state index in [-0.39, 0.29) is 52.0 Å². The number of nitrogens with zero attached hydrogens (tertiary/aromatic N) is 3. The van der Waals surface area contributed by atoms with Crippen LogP contribution in [0.1, 0.15) is 18.4 Å². The average molecular weight is 563 g/mol. The van der Waals surface area contributed by atoms with Gasteiger partial charge in [-0.3, -0.25) is 0 Å². The topological polar surface area (TPSA) is 72.1 Å². The predicted molar refractivity (Wildman–Crippen MR) is 99.7 cm³/mol. The summed E-state index contributed by atoms with van der Waals surface area (Å²) in [6.45, 7) is 1.14. The van der Waals surface area contributed by atoms with E-state index in [0.717, 1.165) is 32.1 Å². The minimum Gasteiger partial charge on any atom is -0.513 e. The Balaban J connectivity index is 0.00000280. The maximum absolute atomic E-state index is 12.9. The number of aliphatic hydroxyl groups is 1. The zero-order chi connectivity index (χ0) is 19.2. The third kappa shape index (κ3) is 5.67. The van der Waals surface area contributed by atoms with E-state index < -0.39 is 12.5 Å². The van der Waals surface area contributed by atoms with Crippen molar-refractivity contribution < 1.29 is 39.7 Å². The molecule has 0 amide bonds. The van der Waals surface area contributed by atoms with E-state index in [2.05, 4.69) is 17.1 Å². The largest absolute Gasteiger partial charge is 0.513 e. The van der Waals surface area contributed by atoms with Crippen molar-refractivity contribution in [3.05, 3.63) is 53.7 Å². The monoisotopic (exact) mass is 563 g/mol. The molecule has 2 heterocycles. The molecule has 0 spiro atoms. The van der Waals surface area contributed by atoms with E-state index in [1.165, 1.54) is 10.5 Å². The molecule has 1 aromatic carbocycles. The molecule has 2 aliphatic heterocycles. The molecule has 154 valence electrons. The summed E-state index contributed by atoms with van der Waals surface area (Å²) in [4.78, 5) is 7.69. The Bertz CT molecular complexity index is 675. The number of nitrogens with one attached hydrogen (secondary N) is 1. The van der Waals surface area contributed by atoms with E-state index in [9.17, 15) is 13.9 Å². The Labute approximate surface area is 178 Å². The Hall–Kier alpha value is -1.66. The minimum absolute atomic E-state index is 0. The molecule has 3 rings (SSSR count). The molecule has 9 heteroatoms. The smallest absolute Gasteiger partial charge is 0.266 e. The zero-order valence-electron chi connectivity index (χ0n) is 15.5. The quantitative estimate of drug-likeness (QED) is 0.339. The van der Waals surface area contributed by atoms with Gasteiger partial charge in [-0.2, -0.15) is 0 Å². The molecule has 0 aliphatic carbocycles. The minimum atomic E-state index is -2.60. The number of guanidine groups is 1. The molecule has 0 bridgehead atoms. The average Bonchev–Trinajstić information content (AvgIpc) is 3.15. The van der Waals surface area contributed by atoms with Crippen LogP contribution in [0.5, 0.6) is 0 Å². The van der Waals surface area contributed by atoms with E-state index in [1.54, 1.807) is 0 Å². The van der Waals surface area contributed by atoms with Gasteiger partial charge in [0.15, 0.2) is 0 Å². The molecule has 2 aliphatic rings. The fourth-order valence-electron chi connectivity index (χ4n) is 3.60. The molecule has 1 aromatic rings. The molecule has 0 aromatic heterocycles. The number of alkyl halides is 2. The van der Waals surface area contributed by atoms with Crippen molar-refractivity contribution in [2.45, 2.75) is 37.8 Å². The van der Waals surface area contributed by atoms with Gasteiger partial charge in [0, 0.05) is 33.6 Å². The molecule has 2 saturated heterocycles. The van der Waals surface area contributed by atoms with Gasteiger partial charge in [0.2, 0.25) is 0 Å². The summed E-state index contributed by atoms with van der Waals surface area (Å²) in [6.07, 6.45) is -0.266. The molecule has 2 N–H and O–H groups in total. The second-order valence-corrected chi connectivity index (χ2v) is 6.79. The molecular weight excluding hydrogens is 538 g/mol. The predicted octanol–water partition coefficient (Wildman–Crippen LogP) is 3.42. The number of morpholine rings is 1. The number of aliphatic imine (C=N–C) groups is 1. The summed E-state index contributed by atoms with van der Waals surface area (Å²) in [5.74, 6) is 0.174. The first-order valence-electron chi connectivity index (χ1n) is 9.18. The summed E-state index contributed by atoms with van der Waals surface area (Å²) < 4.78 is 30.9. The Morgan fingerprint density at radius 3 is 2.75 bits per heavy atom. The number of hydrogen-bond donors (Lipinski definition) is 1. The zero-order valence-corrected chi connectivity index (χ0v) is 18.4. The number of hydrogen-bond acceptors (Lipinski definition) is 4. The molecule has 6 nitrogen and oxygen atoms in total. The Morgan fingerprint density at radius 1 is 1.32 bits per heavy atom. The van der Waals surface area contributed by atoms with Gasteiger partial charge in [-0.1, -0.05) is 30.3 Å². The van der Waals surface area contributed by atoms with E-state index >= 15 is 0 Å². The Kier molecular flexibility index (Phi) is 8.70. The first kappa shape index (κ1) is 22.6. The van der Waals surface area contributed by atoms with E-state index in [0.29, 0.717) is 6.54 Å². The standard InChI is InChI=1S/C19H25F2N4O2.W/c20-18(21)16-12-24(9-10-27-16)17(13-26)23-19(22)25-8-4-7-15(25)11-14-5-2-1-3-6-14;/h1-3,5-6,13,15-16,18H,4,7-12H2,(H2-,22,23,26);/q-1;/b17-13+;. The molecule has 2 atom stereocenters. The van der Waals surface area contributed by atoms with Gasteiger partial charge < -0.3 is 30.4 Å². The molecule has 0 saturated carbocycles. The van der Waals surface area contributed by atoms with Crippen LogP contribution in [0.4, 0.5) is 8.78 Å². The summed E-state index contributed by atoms with van der Waals surface area (Å²) in [5, 5.41) is 9.55. The van der Waals surface area contributed by atoms with E-state index in [4.69, 9.17) is 10.5 Å². The fraction of sp³-hybridized carbons (Fsp3) is 0.526. The van der Waals surface area contributed by atoms with Crippen LogP contribution in [0.25, 0.3) is 5.73 Å². The molecule has 2 fully saturated rings. The summed E-state index contributed by atoms with van der Waals surface area (Å²) in [7, 11) is 0. The van der Waals surface area contributed by atoms with Crippen LogP contribution in [0, 0.1) is 0 Å². The first-order valence-corrected chi connectivity index (χ1v) is 9.18. The van der Waals surface area contributed by atoms with Gasteiger partial charge in [-0.05, 0) is 37.4 Å². The van der Waals surface area contributed by atoms with Crippen molar-refractivity contribution in [2.24, 2.45) is 4.99 Å². The van der Waals surface area contributed by atoms with Crippen LogP contribution >= 0.6 is 0 Å². The number of aliphatic hydroxyl groups excluding tert-OH is 1. The summed E-state index contributed by atoms with van der Waals surface area (Å²) in [5.41, 5.74) is 9.57. The summed E-state index contributed by atoms with van der Waals surface area (Å²) in [6, 6.07) is 10.3. The van der Waals surface area contributed by atoms with Crippen LogP contribution in [0.3, 0.4) is 0 Å². The maximum atomic E-state index is 12.9. The van der Waals surface area contributed by atoms with Crippen LogP contribution in [0.15, 0.2) is 47.4 Å². The number of likely N-dealkylation sites (tertiary alicyclic amines) is 1. The van der Waals surface area contributed by atoms with Gasteiger partial charge >= 0.3 is 0 Å². The number of rotatable bonds is 5. The van der Waals surface area contributed by atoms with Gasteiger partial charge in [0.05, 0.1) is 19.0 Å². The molecule has 0 radical (unpaired) electrons. The normalized spacial score (nSPS) is 23.8. The molecule has 28 heavy (non-hydrogen) atoms. The Morgan fingerprint density at radius 2 is 2.07 bits per heavy atom. The van der Waals surface area contributed by atoms with Crippen molar-refractivity contribution >= 4 is 5.96 Å². The molecule has 2 unspecified atom stereocenters. The second-order valence-electron chi connectivity index (χ2n) is 6.79. The number of ether oxygens (including phenoxy) is 1. The van der Waals surface area contributed by atoms with E-state index in [1.807, 2.05) is 23.1 Å². The van der Waals surface area contributed by atoms with Crippen LogP contribution < -0.4 is 0 Å². The van der Waals surface area contributed by atoms with Gasteiger partial charge in [0.25, 0.3) is 6.43 Å². The second kappa shape index (κ2) is 10.8. The van der Waals surface area contributed by atoms with Crippen molar-refractivity contribution in [2.75, 3.05) is 26.2 Å². The third-order valence-electron chi connectivity index (χ3n) is 5.00. The fourth-order valence-corrected chi connectivity index (χ4v) is 3.60.